The van der Waals surface area contributed by atoms with Crippen LogP contribution >= 0.6 is 0 Å². The summed E-state index contributed by atoms with van der Waals surface area (Å²) >= 11 is 0. The Morgan fingerprint density at radius 3 is 2.39 bits per heavy atom. The Hall–Kier alpha value is -3.27. The first-order valence-corrected chi connectivity index (χ1v) is 10.7. The molecule has 0 amide bonds. The molecule has 10 heteroatoms. The molecule has 0 unspecified atom stereocenters. The highest BCUT2D eigenvalue weighted by atomic mass is 32.2. The minimum Gasteiger partial charge on any atom is -0.478 e. The molecule has 164 valence electrons. The summed E-state index contributed by atoms with van der Waals surface area (Å²) in [7, 11) is -4.36. The number of hydrogen-bond donors (Lipinski definition) is 3. The molecule has 0 saturated heterocycles. The summed E-state index contributed by atoms with van der Waals surface area (Å²) < 4.78 is 55.7. The molecule has 0 atom stereocenters. The Morgan fingerprint density at radius 2 is 1.77 bits per heavy atom. The number of H-pyrrole nitrogens is 1. The minimum absolute atomic E-state index is 0.0269. The van der Waals surface area contributed by atoms with Crippen LogP contribution in [0.1, 0.15) is 36.7 Å². The highest BCUT2D eigenvalue weighted by Gasteiger charge is 2.25. The van der Waals surface area contributed by atoms with E-state index in [9.17, 15) is 26.8 Å². The number of sulfonamides is 1. The van der Waals surface area contributed by atoms with Crippen LogP contribution in [0.3, 0.4) is 0 Å². The fraction of sp³-hybridized carbons (Fsp3) is 0.238. The number of carboxylic acids is 1. The monoisotopic (exact) mass is 450 g/mol. The van der Waals surface area contributed by atoms with Crippen LogP contribution in [-0.2, 0) is 21.2 Å². The van der Waals surface area contributed by atoms with Gasteiger partial charge >= 0.3 is 5.97 Å². The molecule has 0 aliphatic carbocycles. The maximum atomic E-state index is 14.2. The first-order chi connectivity index (χ1) is 14.3. The summed E-state index contributed by atoms with van der Waals surface area (Å²) in [6.07, 6.45) is 1.30. The van der Waals surface area contributed by atoms with Gasteiger partial charge in [-0.1, -0.05) is 26.8 Å². The second kappa shape index (κ2) is 7.77. The fourth-order valence-corrected chi connectivity index (χ4v) is 4.14. The summed E-state index contributed by atoms with van der Waals surface area (Å²) in [6.45, 7) is 5.35. The number of hydrogen-bond acceptors (Lipinski definition) is 4. The lowest BCUT2D eigenvalue weighted by Gasteiger charge is -2.16. The van der Waals surface area contributed by atoms with E-state index in [1.807, 2.05) is 4.72 Å². The van der Waals surface area contributed by atoms with Crippen molar-refractivity contribution in [3.05, 3.63) is 59.3 Å². The van der Waals surface area contributed by atoms with Crippen LogP contribution in [0.15, 0.2) is 41.4 Å². The predicted octanol–water partition coefficient (Wildman–Crippen LogP) is 4.10. The molecule has 0 saturated carbocycles. The summed E-state index contributed by atoms with van der Waals surface area (Å²) in [4.78, 5) is 25.8. The first-order valence-electron chi connectivity index (χ1n) is 9.18. The number of halogens is 2. The highest BCUT2D eigenvalue weighted by molar-refractivity contribution is 7.93. The van der Waals surface area contributed by atoms with Gasteiger partial charge < -0.3 is 10.1 Å². The van der Waals surface area contributed by atoms with Gasteiger partial charge in [-0.3, -0.25) is 9.52 Å². The standard InChI is InChI=1S/C21H20F2N2O5S/c1-21(2,3)19(26)7-11-4-5-16-13(6-11)18(10-24-16)31(29,30)25-17-9-14(22)12(20(27)28)8-15(17)23/h4-6,8-10,24-25H,7H2,1-3H3,(H,27,28). The summed E-state index contributed by atoms with van der Waals surface area (Å²) in [6, 6.07) is 5.75. The van der Waals surface area contributed by atoms with Gasteiger partial charge in [0.25, 0.3) is 10.0 Å². The van der Waals surface area contributed by atoms with Crippen LogP contribution in [-0.4, -0.2) is 30.3 Å². The molecule has 0 spiro atoms. The number of carboxylic acid groups (broad SMARTS) is 1. The molecule has 7 nitrogen and oxygen atoms in total. The average molecular weight is 450 g/mol. The van der Waals surface area contributed by atoms with Crippen molar-refractivity contribution in [1.29, 1.82) is 0 Å². The number of Topliss-reactive ketones (excluding diaryl/α,β-unsaturated/α-hetero) is 1. The Labute approximate surface area is 177 Å². The van der Waals surface area contributed by atoms with E-state index in [0.717, 1.165) is 0 Å². The molecular formula is C21H20F2N2O5S. The average Bonchev–Trinajstić information content (AvgIpc) is 3.07. The number of anilines is 1. The van der Waals surface area contributed by atoms with E-state index in [4.69, 9.17) is 5.11 Å². The normalized spacial score (nSPS) is 12.2. The van der Waals surface area contributed by atoms with E-state index in [2.05, 4.69) is 4.98 Å². The van der Waals surface area contributed by atoms with E-state index in [-0.39, 0.29) is 22.5 Å². The second-order valence-electron chi connectivity index (χ2n) is 8.11. The number of fused-ring (bicyclic) bond motifs is 1. The third kappa shape index (κ3) is 4.58. The molecule has 3 N–H and O–H groups in total. The third-order valence-corrected chi connectivity index (χ3v) is 6.14. The lowest BCUT2D eigenvalue weighted by molar-refractivity contribution is -0.125. The number of rotatable bonds is 6. The Balaban J connectivity index is 1.99. The van der Waals surface area contributed by atoms with Crippen molar-refractivity contribution in [3.63, 3.8) is 0 Å². The Kier molecular flexibility index (Phi) is 5.62. The van der Waals surface area contributed by atoms with Crippen molar-refractivity contribution in [2.24, 2.45) is 5.41 Å². The maximum absolute atomic E-state index is 14.2. The molecule has 2 aromatic carbocycles. The predicted molar refractivity (Wildman–Crippen MR) is 111 cm³/mol. The smallest absolute Gasteiger partial charge is 0.338 e. The van der Waals surface area contributed by atoms with E-state index >= 15 is 0 Å². The molecule has 1 aromatic heterocycles. The van der Waals surface area contributed by atoms with Gasteiger partial charge in [-0.05, 0) is 23.8 Å². The van der Waals surface area contributed by atoms with Crippen molar-refractivity contribution in [2.45, 2.75) is 32.1 Å². The molecule has 3 rings (SSSR count). The molecule has 0 aliphatic heterocycles. The van der Waals surface area contributed by atoms with Gasteiger partial charge in [-0.25, -0.2) is 22.0 Å². The summed E-state index contributed by atoms with van der Waals surface area (Å²) in [5, 5.41) is 9.12. The molecule has 0 bridgehead atoms. The van der Waals surface area contributed by atoms with E-state index in [1.54, 1.807) is 39.0 Å². The quantitative estimate of drug-likeness (QED) is 0.523. The number of aromatic amines is 1. The Morgan fingerprint density at radius 1 is 1.10 bits per heavy atom. The largest absolute Gasteiger partial charge is 0.478 e. The van der Waals surface area contributed by atoms with Crippen LogP contribution in [0.4, 0.5) is 14.5 Å². The SMILES string of the molecule is CC(C)(C)C(=O)Cc1ccc2[nH]cc(S(=O)(=O)Nc3cc(F)c(C(=O)O)cc3F)c2c1. The first kappa shape index (κ1) is 22.4. The fourth-order valence-electron chi connectivity index (χ4n) is 2.91. The van der Waals surface area contributed by atoms with Crippen molar-refractivity contribution in [3.8, 4) is 0 Å². The highest BCUT2D eigenvalue weighted by Crippen LogP contribution is 2.28. The zero-order valence-electron chi connectivity index (χ0n) is 16.9. The van der Waals surface area contributed by atoms with E-state index in [0.29, 0.717) is 23.2 Å². The molecular weight excluding hydrogens is 430 g/mol. The van der Waals surface area contributed by atoms with Gasteiger partial charge in [0.2, 0.25) is 0 Å². The van der Waals surface area contributed by atoms with Gasteiger partial charge in [-0.2, -0.15) is 0 Å². The van der Waals surface area contributed by atoms with Crippen LogP contribution in [0.5, 0.6) is 0 Å². The number of nitrogens with one attached hydrogen (secondary N) is 2. The molecule has 3 aromatic rings. The molecule has 0 radical (unpaired) electrons. The third-order valence-electron chi connectivity index (χ3n) is 4.73. The number of carbonyl (C=O) groups excluding carboxylic acids is 1. The van der Waals surface area contributed by atoms with Crippen LogP contribution in [0.25, 0.3) is 10.9 Å². The number of benzene rings is 2. The van der Waals surface area contributed by atoms with Crippen molar-refractivity contribution >= 4 is 38.4 Å². The van der Waals surface area contributed by atoms with E-state index in [1.165, 1.54) is 6.20 Å². The Bertz CT molecular complexity index is 1310. The zero-order chi connectivity index (χ0) is 23.1. The number of carbonyl (C=O) groups is 2. The summed E-state index contributed by atoms with van der Waals surface area (Å²) in [5.74, 6) is -4.23. The topological polar surface area (TPSA) is 116 Å². The molecule has 31 heavy (non-hydrogen) atoms. The lowest BCUT2D eigenvalue weighted by Crippen LogP contribution is -2.22. The number of ketones is 1. The van der Waals surface area contributed by atoms with Crippen molar-refractivity contribution in [1.82, 2.24) is 4.98 Å². The van der Waals surface area contributed by atoms with Crippen molar-refractivity contribution in [2.75, 3.05) is 4.72 Å². The minimum atomic E-state index is -4.36. The number of aromatic nitrogens is 1. The van der Waals surface area contributed by atoms with Gasteiger partial charge in [-0.15, -0.1) is 0 Å². The number of aromatic carboxylic acids is 1. The van der Waals surface area contributed by atoms with Crippen molar-refractivity contribution < 1.29 is 31.9 Å². The van der Waals surface area contributed by atoms with Crippen LogP contribution < -0.4 is 4.72 Å². The molecule has 0 aliphatic rings. The second-order valence-corrected chi connectivity index (χ2v) is 9.76. The summed E-state index contributed by atoms with van der Waals surface area (Å²) in [5.41, 5.74) is -1.13. The van der Waals surface area contributed by atoms with Crippen LogP contribution in [0.2, 0.25) is 0 Å². The zero-order valence-corrected chi connectivity index (χ0v) is 17.7. The van der Waals surface area contributed by atoms with E-state index < -0.39 is 44.3 Å². The van der Waals surface area contributed by atoms with Gasteiger partial charge in [0.1, 0.15) is 22.3 Å². The molecule has 0 fully saturated rings. The maximum Gasteiger partial charge on any atom is 0.338 e. The van der Waals surface area contributed by atoms with Gasteiger partial charge in [0, 0.05) is 35.0 Å². The van der Waals surface area contributed by atoms with Gasteiger partial charge in [0.05, 0.1) is 11.3 Å². The van der Waals surface area contributed by atoms with Crippen LogP contribution in [0, 0.1) is 17.0 Å². The lowest BCUT2D eigenvalue weighted by atomic mass is 9.87. The van der Waals surface area contributed by atoms with Gasteiger partial charge in [0.15, 0.2) is 0 Å². The molecule has 1 heterocycles.